The molecule has 0 radical (unpaired) electrons. The number of aryl methyl sites for hydroxylation is 2. The molecule has 2 aromatic rings. The van der Waals surface area contributed by atoms with Crippen molar-refractivity contribution in [1.29, 1.82) is 0 Å². The molecule has 0 amide bonds. The first-order valence-corrected chi connectivity index (χ1v) is 11.2. The van der Waals surface area contributed by atoms with E-state index in [0.717, 1.165) is 52.7 Å². The molecule has 2 aliphatic rings. The Bertz CT molecular complexity index is 1000. The first-order chi connectivity index (χ1) is 13.7. The Hall–Kier alpha value is -2.15. The van der Waals surface area contributed by atoms with Gasteiger partial charge in [0.25, 0.3) is 0 Å². The highest BCUT2D eigenvalue weighted by atomic mass is 127. The van der Waals surface area contributed by atoms with Crippen molar-refractivity contribution in [2.45, 2.75) is 38.6 Å². The number of pyridine rings is 1. The van der Waals surface area contributed by atoms with Crippen molar-refractivity contribution < 1.29 is 0 Å². The Labute approximate surface area is 179 Å². The minimum atomic E-state index is 0.313. The molecule has 5 heteroatoms. The number of aromatic nitrogens is 1. The number of fused-ring (bicyclic) bond motifs is 1. The molecule has 3 heterocycles. The molecule has 28 heavy (non-hydrogen) atoms. The van der Waals surface area contributed by atoms with E-state index in [0.29, 0.717) is 6.04 Å². The van der Waals surface area contributed by atoms with Crippen LogP contribution >= 0.6 is 22.6 Å². The van der Waals surface area contributed by atoms with Gasteiger partial charge in [-0.3, -0.25) is 9.98 Å². The van der Waals surface area contributed by atoms with Gasteiger partial charge in [0, 0.05) is 38.7 Å². The Morgan fingerprint density at radius 2 is 2.07 bits per heavy atom. The number of hydrogen-bond acceptors (Lipinski definition) is 4. The second kappa shape index (κ2) is 8.47. The van der Waals surface area contributed by atoms with Crippen LogP contribution in [0.15, 0.2) is 63.9 Å². The van der Waals surface area contributed by atoms with E-state index in [4.69, 9.17) is 4.99 Å². The van der Waals surface area contributed by atoms with Gasteiger partial charge in [-0.1, -0.05) is 47.4 Å². The second-order valence-corrected chi connectivity index (χ2v) is 8.28. The molecule has 142 valence electrons. The number of alkyl halides is 1. The number of allylic oxidation sites excluding steroid dienone is 1. The minimum Gasteiger partial charge on any atom is -0.281 e. The van der Waals surface area contributed by atoms with Crippen LogP contribution in [0.4, 0.5) is 0 Å². The first kappa shape index (κ1) is 19.2. The molecule has 0 fully saturated rings. The molecular weight excluding hydrogens is 459 g/mol. The Kier molecular flexibility index (Phi) is 5.80. The quantitative estimate of drug-likeness (QED) is 0.391. The van der Waals surface area contributed by atoms with Gasteiger partial charge in [0.2, 0.25) is 0 Å². The van der Waals surface area contributed by atoms with Gasteiger partial charge in [0.05, 0.1) is 12.3 Å². The molecule has 4 rings (SSSR count). The van der Waals surface area contributed by atoms with Gasteiger partial charge >= 0.3 is 0 Å². The highest BCUT2D eigenvalue weighted by Gasteiger charge is 2.25. The summed E-state index contributed by atoms with van der Waals surface area (Å²) in [5, 5.41) is 8.15. The lowest BCUT2D eigenvalue weighted by molar-refractivity contribution is 0.723. The molecule has 1 aromatic carbocycles. The summed E-state index contributed by atoms with van der Waals surface area (Å²) in [5.74, 6) is 0. The average molecular weight is 482 g/mol. The van der Waals surface area contributed by atoms with Crippen molar-refractivity contribution in [3.05, 3.63) is 76.6 Å². The molecule has 0 aliphatic carbocycles. The zero-order chi connectivity index (χ0) is 19.5. The van der Waals surface area contributed by atoms with Crippen LogP contribution in [-0.4, -0.2) is 27.0 Å². The molecule has 0 bridgehead atoms. The standard InChI is InChI=1S/C23H23IN4/c1-15-14-26-28-23(15)18-7-3-5-17(13-18)6-4-8-21-22-16(2)27-20(9-11-24)19(22)10-12-25-21/h3,5,7,10,12-14,20H,1,4,6,8-9,11H2,2H3. The maximum absolute atomic E-state index is 4.87. The van der Waals surface area contributed by atoms with E-state index in [1.807, 2.05) is 6.20 Å². The lowest BCUT2D eigenvalue weighted by atomic mass is 9.96. The normalized spacial score (nSPS) is 17.6. The van der Waals surface area contributed by atoms with Crippen LogP contribution < -0.4 is 0 Å². The third kappa shape index (κ3) is 3.85. The summed E-state index contributed by atoms with van der Waals surface area (Å²) in [6.07, 6.45) is 7.79. The van der Waals surface area contributed by atoms with Crippen LogP contribution in [0.25, 0.3) is 0 Å². The highest BCUT2D eigenvalue weighted by Crippen LogP contribution is 2.34. The predicted octanol–water partition coefficient (Wildman–Crippen LogP) is 5.29. The molecule has 0 N–H and O–H groups in total. The molecule has 4 nitrogen and oxygen atoms in total. The van der Waals surface area contributed by atoms with Crippen LogP contribution in [0.1, 0.15) is 53.8 Å². The summed E-state index contributed by atoms with van der Waals surface area (Å²) in [6.45, 7) is 6.13. The summed E-state index contributed by atoms with van der Waals surface area (Å²) < 4.78 is 1.12. The lowest BCUT2D eigenvalue weighted by Gasteiger charge is -2.11. The summed E-state index contributed by atoms with van der Waals surface area (Å²) in [6, 6.07) is 11.0. The fourth-order valence-electron chi connectivity index (χ4n) is 3.96. The van der Waals surface area contributed by atoms with Gasteiger partial charge in [-0.2, -0.15) is 5.10 Å². The summed E-state index contributed by atoms with van der Waals surface area (Å²) in [7, 11) is 0. The first-order valence-electron chi connectivity index (χ1n) is 9.65. The van der Waals surface area contributed by atoms with E-state index in [1.165, 1.54) is 22.4 Å². The van der Waals surface area contributed by atoms with Crippen molar-refractivity contribution in [2.75, 3.05) is 4.43 Å². The number of nitrogens with zero attached hydrogens (tertiary/aromatic N) is 4. The summed E-state index contributed by atoms with van der Waals surface area (Å²) in [5.41, 5.74) is 9.12. The van der Waals surface area contributed by atoms with Crippen LogP contribution in [0.3, 0.4) is 0 Å². The van der Waals surface area contributed by atoms with E-state index in [9.17, 15) is 0 Å². The molecule has 1 unspecified atom stereocenters. The summed E-state index contributed by atoms with van der Waals surface area (Å²) >= 11 is 2.43. The molecule has 0 saturated heterocycles. The maximum Gasteiger partial charge on any atom is 0.101 e. The monoisotopic (exact) mass is 482 g/mol. The lowest BCUT2D eigenvalue weighted by Crippen LogP contribution is -2.05. The van der Waals surface area contributed by atoms with Gasteiger partial charge in [0.1, 0.15) is 5.71 Å². The molecule has 1 aromatic heterocycles. The number of hydrogen-bond donors (Lipinski definition) is 0. The van der Waals surface area contributed by atoms with Crippen LogP contribution in [0, 0.1) is 0 Å². The van der Waals surface area contributed by atoms with Crippen LogP contribution in [0.2, 0.25) is 0 Å². The predicted molar refractivity (Wildman–Crippen MR) is 125 cm³/mol. The van der Waals surface area contributed by atoms with E-state index in [2.05, 4.69) is 81.6 Å². The highest BCUT2D eigenvalue weighted by molar-refractivity contribution is 14.1. The van der Waals surface area contributed by atoms with Gasteiger partial charge in [0.15, 0.2) is 0 Å². The SMILES string of the molecule is C=C1C=NN=C1c1cccc(CCCc2nccc3c2C(C)=NC3CCI)c1. The number of aliphatic imine (C=N–C) groups is 1. The second-order valence-electron chi connectivity index (χ2n) is 7.20. The topological polar surface area (TPSA) is 50.0 Å². The molecular formula is C23H23IN4. The summed E-state index contributed by atoms with van der Waals surface area (Å²) in [4.78, 5) is 9.56. The fourth-order valence-corrected chi connectivity index (χ4v) is 4.55. The number of halogens is 1. The van der Waals surface area contributed by atoms with Gasteiger partial charge in [-0.15, -0.1) is 5.10 Å². The molecule has 2 aliphatic heterocycles. The Morgan fingerprint density at radius 1 is 1.18 bits per heavy atom. The van der Waals surface area contributed by atoms with Crippen molar-refractivity contribution in [1.82, 2.24) is 4.98 Å². The van der Waals surface area contributed by atoms with Crippen molar-refractivity contribution in [3.8, 4) is 0 Å². The molecule has 0 spiro atoms. The Balaban J connectivity index is 1.45. The van der Waals surface area contributed by atoms with Crippen molar-refractivity contribution in [2.24, 2.45) is 15.2 Å². The van der Waals surface area contributed by atoms with Crippen molar-refractivity contribution >= 4 is 40.2 Å². The minimum absolute atomic E-state index is 0.313. The maximum atomic E-state index is 4.87. The van der Waals surface area contributed by atoms with Crippen LogP contribution in [0.5, 0.6) is 0 Å². The Morgan fingerprint density at radius 3 is 2.86 bits per heavy atom. The van der Waals surface area contributed by atoms with E-state index < -0.39 is 0 Å². The van der Waals surface area contributed by atoms with Gasteiger partial charge in [-0.25, -0.2) is 0 Å². The van der Waals surface area contributed by atoms with Gasteiger partial charge < -0.3 is 0 Å². The third-order valence-corrected chi connectivity index (χ3v) is 5.89. The fraction of sp³-hybridized carbons (Fsp3) is 0.304. The molecule has 1 atom stereocenters. The largest absolute Gasteiger partial charge is 0.281 e. The zero-order valence-corrected chi connectivity index (χ0v) is 18.2. The zero-order valence-electron chi connectivity index (χ0n) is 16.0. The average Bonchev–Trinajstić information content (AvgIpc) is 3.26. The number of rotatable bonds is 7. The number of benzene rings is 1. The van der Waals surface area contributed by atoms with Crippen molar-refractivity contribution in [3.63, 3.8) is 0 Å². The smallest absolute Gasteiger partial charge is 0.101 e. The molecule has 0 saturated carbocycles. The van der Waals surface area contributed by atoms with E-state index >= 15 is 0 Å². The van der Waals surface area contributed by atoms with Gasteiger partial charge in [-0.05, 0) is 55.9 Å². The van der Waals surface area contributed by atoms with E-state index in [-0.39, 0.29) is 0 Å². The van der Waals surface area contributed by atoms with Crippen LogP contribution in [-0.2, 0) is 12.8 Å². The van der Waals surface area contributed by atoms with E-state index in [1.54, 1.807) is 6.21 Å². The third-order valence-electron chi connectivity index (χ3n) is 5.27.